The number of carbonyl (C=O) groups excluding carboxylic acids is 2. The fourth-order valence-corrected chi connectivity index (χ4v) is 3.35. The predicted molar refractivity (Wildman–Crippen MR) is 151 cm³/mol. The van der Waals surface area contributed by atoms with E-state index in [-0.39, 0.29) is 39.6 Å². The first-order valence-electron chi connectivity index (χ1n) is 11.8. The normalized spacial score (nSPS) is 11.2. The highest BCUT2D eigenvalue weighted by Gasteiger charge is 2.24. The summed E-state index contributed by atoms with van der Waals surface area (Å²) in [5, 5.41) is 22.8. The Balaban J connectivity index is 0.00000103. The second-order valence-corrected chi connectivity index (χ2v) is 11.6. The molecular weight excluding hydrogens is 540 g/mol. The number of hydrogen-bond acceptors (Lipinski definition) is 7. The van der Waals surface area contributed by atoms with Gasteiger partial charge < -0.3 is 25.9 Å². The molecule has 0 atom stereocenters. The standard InChI is InChI=1S/C26H28N4O5.CH4O3S/c1-14-11-19(21(35-14)24(32)30-17-8-5-15(6-9-17)22(27)28)18-10-7-16(12-20(18)25(33)34)23(31)29-13-26(2,3)4;1-5(2,3)4/h5-12H,13H2,1-4H3,(H3,27,28)(H,29,31)(H,30,32)(H,33,34);1H3,(H,2,3,4). The maximum absolute atomic E-state index is 13.0. The summed E-state index contributed by atoms with van der Waals surface area (Å²) in [6.07, 6.45) is 0.715. The Morgan fingerprint density at radius 3 is 2.02 bits per heavy atom. The average Bonchev–Trinajstić information content (AvgIpc) is 3.22. The largest absolute Gasteiger partial charge is 0.478 e. The molecule has 0 fully saturated rings. The number of carboxylic acids is 1. The van der Waals surface area contributed by atoms with E-state index >= 15 is 0 Å². The van der Waals surface area contributed by atoms with E-state index in [0.717, 1.165) is 0 Å². The van der Waals surface area contributed by atoms with E-state index in [9.17, 15) is 27.9 Å². The zero-order valence-corrected chi connectivity index (χ0v) is 23.5. The highest BCUT2D eigenvalue weighted by atomic mass is 32.2. The lowest BCUT2D eigenvalue weighted by molar-refractivity contribution is 0.0697. The number of aryl methyl sites for hydroxylation is 1. The summed E-state index contributed by atoms with van der Waals surface area (Å²) >= 11 is 0. The van der Waals surface area contributed by atoms with Crippen molar-refractivity contribution in [1.29, 1.82) is 5.41 Å². The van der Waals surface area contributed by atoms with Crippen LogP contribution in [-0.4, -0.2) is 54.5 Å². The molecule has 0 aliphatic heterocycles. The van der Waals surface area contributed by atoms with Gasteiger partial charge in [-0.25, -0.2) is 4.79 Å². The zero-order valence-electron chi connectivity index (χ0n) is 22.7. The van der Waals surface area contributed by atoms with Crippen LogP contribution in [0.1, 0.15) is 63.4 Å². The van der Waals surface area contributed by atoms with Crippen LogP contribution in [0, 0.1) is 17.7 Å². The van der Waals surface area contributed by atoms with Gasteiger partial charge in [0.2, 0.25) is 0 Å². The molecule has 0 bridgehead atoms. The van der Waals surface area contributed by atoms with Crippen molar-refractivity contribution in [1.82, 2.24) is 5.32 Å². The van der Waals surface area contributed by atoms with Crippen LogP contribution in [0.25, 0.3) is 11.1 Å². The van der Waals surface area contributed by atoms with Crippen molar-refractivity contribution in [3.05, 3.63) is 76.7 Å². The third-order valence-electron chi connectivity index (χ3n) is 5.10. The number of rotatable bonds is 7. The molecule has 40 heavy (non-hydrogen) atoms. The quantitative estimate of drug-likeness (QED) is 0.138. The lowest BCUT2D eigenvalue weighted by Gasteiger charge is -2.19. The van der Waals surface area contributed by atoms with E-state index in [4.69, 9.17) is 20.1 Å². The molecular formula is C27H32N4O8S. The Hall–Kier alpha value is -4.49. The summed E-state index contributed by atoms with van der Waals surface area (Å²) in [7, 11) is -3.67. The third-order valence-corrected chi connectivity index (χ3v) is 5.10. The fraction of sp³-hybridized carbons (Fsp3) is 0.259. The second-order valence-electron chi connectivity index (χ2n) is 10.1. The van der Waals surface area contributed by atoms with Gasteiger partial charge in [0.25, 0.3) is 21.9 Å². The van der Waals surface area contributed by atoms with Gasteiger partial charge in [0.05, 0.1) is 11.8 Å². The predicted octanol–water partition coefficient (Wildman–Crippen LogP) is 3.77. The monoisotopic (exact) mass is 572 g/mol. The van der Waals surface area contributed by atoms with E-state index in [1.165, 1.54) is 18.2 Å². The van der Waals surface area contributed by atoms with Crippen molar-refractivity contribution in [3.8, 4) is 11.1 Å². The van der Waals surface area contributed by atoms with Crippen molar-refractivity contribution < 1.29 is 36.9 Å². The number of hydrogen-bond donors (Lipinski definition) is 6. The molecule has 0 saturated heterocycles. The van der Waals surface area contributed by atoms with Gasteiger partial charge in [0.1, 0.15) is 11.6 Å². The number of amidine groups is 1. The molecule has 0 radical (unpaired) electrons. The van der Waals surface area contributed by atoms with E-state index < -0.39 is 22.0 Å². The molecule has 3 aromatic rings. The van der Waals surface area contributed by atoms with Gasteiger partial charge in [-0.3, -0.25) is 19.6 Å². The fourth-order valence-electron chi connectivity index (χ4n) is 3.35. The number of carboxylic acid groups (broad SMARTS) is 1. The molecule has 0 saturated carbocycles. The molecule has 7 N–H and O–H groups in total. The van der Waals surface area contributed by atoms with Crippen LogP contribution < -0.4 is 16.4 Å². The Morgan fingerprint density at radius 1 is 0.975 bits per heavy atom. The molecule has 214 valence electrons. The number of nitrogen functional groups attached to an aromatic ring is 1. The van der Waals surface area contributed by atoms with E-state index in [2.05, 4.69) is 10.6 Å². The van der Waals surface area contributed by atoms with Crippen LogP contribution in [0.2, 0.25) is 0 Å². The summed E-state index contributed by atoms with van der Waals surface area (Å²) < 4.78 is 31.5. The van der Waals surface area contributed by atoms with E-state index in [1.54, 1.807) is 37.3 Å². The number of nitrogens with two attached hydrogens (primary N) is 1. The Bertz CT molecular complexity index is 1530. The van der Waals surface area contributed by atoms with Crippen LogP contribution in [0.15, 0.2) is 52.9 Å². The first-order valence-corrected chi connectivity index (χ1v) is 13.6. The van der Waals surface area contributed by atoms with Crippen molar-refractivity contribution in [2.24, 2.45) is 11.1 Å². The van der Waals surface area contributed by atoms with Gasteiger partial charge >= 0.3 is 5.97 Å². The van der Waals surface area contributed by atoms with Crippen molar-refractivity contribution in [3.63, 3.8) is 0 Å². The molecule has 0 aliphatic carbocycles. The van der Waals surface area contributed by atoms with Crippen LogP contribution >= 0.6 is 0 Å². The maximum atomic E-state index is 13.0. The number of nitrogens with one attached hydrogen (secondary N) is 3. The van der Waals surface area contributed by atoms with Crippen LogP contribution in [0.5, 0.6) is 0 Å². The number of furan rings is 1. The molecule has 1 heterocycles. The Morgan fingerprint density at radius 2 is 1.52 bits per heavy atom. The first kappa shape index (κ1) is 31.7. The number of aromatic carboxylic acids is 1. The molecule has 0 spiro atoms. The number of amides is 2. The number of anilines is 1. The molecule has 12 nitrogen and oxygen atoms in total. The first-order chi connectivity index (χ1) is 18.4. The lowest BCUT2D eigenvalue weighted by Crippen LogP contribution is -2.32. The van der Waals surface area contributed by atoms with Crippen molar-refractivity contribution in [2.75, 3.05) is 18.1 Å². The van der Waals surface area contributed by atoms with Crippen molar-refractivity contribution >= 4 is 39.4 Å². The molecule has 1 aromatic heterocycles. The summed E-state index contributed by atoms with van der Waals surface area (Å²) in [4.78, 5) is 37.6. The number of benzene rings is 2. The molecule has 2 amide bonds. The molecule has 13 heteroatoms. The van der Waals surface area contributed by atoms with Gasteiger partial charge in [-0.2, -0.15) is 8.42 Å². The van der Waals surface area contributed by atoms with E-state index in [1.807, 2.05) is 20.8 Å². The Kier molecular flexibility index (Phi) is 9.97. The SMILES string of the molecule is CS(=O)(=O)O.Cc1cc(-c2ccc(C(=O)NCC(C)(C)C)cc2C(=O)O)c(C(=O)Nc2ccc(C(=N)N)cc2)o1. The minimum Gasteiger partial charge on any atom is -0.478 e. The minimum atomic E-state index is -3.67. The van der Waals surface area contributed by atoms with Crippen LogP contribution in [0.3, 0.4) is 0 Å². The van der Waals surface area contributed by atoms with Gasteiger partial charge in [-0.05, 0) is 54.8 Å². The van der Waals surface area contributed by atoms with E-state index in [0.29, 0.717) is 35.4 Å². The smallest absolute Gasteiger partial charge is 0.336 e. The minimum absolute atomic E-state index is 0.0643. The highest BCUT2D eigenvalue weighted by molar-refractivity contribution is 7.85. The summed E-state index contributed by atoms with van der Waals surface area (Å²) in [5.41, 5.74) is 6.89. The highest BCUT2D eigenvalue weighted by Crippen LogP contribution is 2.32. The Labute approximate surface area is 231 Å². The van der Waals surface area contributed by atoms with Crippen LogP contribution in [0.4, 0.5) is 5.69 Å². The topological polar surface area (TPSA) is 213 Å². The molecule has 2 aromatic carbocycles. The summed E-state index contributed by atoms with van der Waals surface area (Å²) in [6, 6.07) is 12.3. The average molecular weight is 573 g/mol. The summed E-state index contributed by atoms with van der Waals surface area (Å²) in [5.74, 6) is -1.94. The van der Waals surface area contributed by atoms with Gasteiger partial charge in [-0.1, -0.05) is 26.8 Å². The van der Waals surface area contributed by atoms with Crippen LogP contribution in [-0.2, 0) is 10.1 Å². The number of carbonyl (C=O) groups is 3. The van der Waals surface area contributed by atoms with Gasteiger partial charge in [-0.15, -0.1) is 0 Å². The van der Waals surface area contributed by atoms with Crippen molar-refractivity contribution in [2.45, 2.75) is 27.7 Å². The van der Waals surface area contributed by atoms with Gasteiger partial charge in [0.15, 0.2) is 5.76 Å². The third kappa shape index (κ3) is 9.67. The summed E-state index contributed by atoms with van der Waals surface area (Å²) in [6.45, 7) is 8.00. The zero-order chi connectivity index (χ0) is 30.4. The maximum Gasteiger partial charge on any atom is 0.336 e. The van der Waals surface area contributed by atoms with Gasteiger partial charge in [0, 0.05) is 34.5 Å². The lowest BCUT2D eigenvalue weighted by atomic mass is 9.95. The molecule has 0 unspecified atom stereocenters. The second kappa shape index (κ2) is 12.6. The molecule has 3 rings (SSSR count). The molecule has 0 aliphatic rings.